The van der Waals surface area contributed by atoms with Gasteiger partial charge < -0.3 is 25.2 Å². The molecule has 0 saturated carbocycles. The van der Waals surface area contributed by atoms with E-state index in [1.165, 1.54) is 0 Å². The van der Waals surface area contributed by atoms with Crippen LogP contribution in [0.1, 0.15) is 14.3 Å². The topological polar surface area (TPSA) is 158 Å². The SMILES string of the molecule is O=C(O)CC(O)C(=O)OC(=O)C(O)CC(=O)O.[H+]. The van der Waals surface area contributed by atoms with Crippen molar-refractivity contribution in [2.75, 3.05) is 0 Å². The second-order valence-corrected chi connectivity index (χ2v) is 2.97. The lowest BCUT2D eigenvalue weighted by Gasteiger charge is -2.09. The third kappa shape index (κ3) is 6.22. The van der Waals surface area contributed by atoms with Gasteiger partial charge in [-0.2, -0.15) is 0 Å². The van der Waals surface area contributed by atoms with Gasteiger partial charge >= 0.3 is 25.3 Å². The van der Waals surface area contributed by atoms with Crippen LogP contribution in [0.3, 0.4) is 0 Å². The van der Waals surface area contributed by atoms with E-state index in [4.69, 9.17) is 20.4 Å². The number of hydrogen-bond acceptors (Lipinski definition) is 7. The molecule has 96 valence electrons. The van der Waals surface area contributed by atoms with Gasteiger partial charge in [-0.25, -0.2) is 9.59 Å². The fraction of sp³-hybridized carbons (Fsp3) is 0.500. The summed E-state index contributed by atoms with van der Waals surface area (Å²) in [5.41, 5.74) is 0. The zero-order chi connectivity index (χ0) is 13.6. The Morgan fingerprint density at radius 2 is 1.18 bits per heavy atom. The summed E-state index contributed by atoms with van der Waals surface area (Å²) in [6.45, 7) is 0. The highest BCUT2D eigenvalue weighted by molar-refractivity contribution is 5.92. The van der Waals surface area contributed by atoms with Gasteiger partial charge in [0.2, 0.25) is 0 Å². The molecule has 0 aromatic rings. The molecule has 0 aromatic carbocycles. The van der Waals surface area contributed by atoms with E-state index in [-0.39, 0.29) is 1.43 Å². The fourth-order valence-corrected chi connectivity index (χ4v) is 0.733. The molecule has 9 heteroatoms. The van der Waals surface area contributed by atoms with Crippen molar-refractivity contribution in [2.24, 2.45) is 0 Å². The van der Waals surface area contributed by atoms with E-state index >= 15 is 0 Å². The Morgan fingerprint density at radius 1 is 0.882 bits per heavy atom. The number of esters is 2. The van der Waals surface area contributed by atoms with Gasteiger partial charge in [-0.15, -0.1) is 0 Å². The molecule has 0 fully saturated rings. The Balaban J connectivity index is 0. The van der Waals surface area contributed by atoms with Crippen LogP contribution in [-0.2, 0) is 23.9 Å². The van der Waals surface area contributed by atoms with Crippen molar-refractivity contribution >= 4 is 23.9 Å². The zero-order valence-corrected chi connectivity index (χ0v) is 8.40. The van der Waals surface area contributed by atoms with Crippen LogP contribution in [0.15, 0.2) is 0 Å². The van der Waals surface area contributed by atoms with E-state index in [0.717, 1.165) is 0 Å². The molecule has 4 N–H and O–H groups in total. The van der Waals surface area contributed by atoms with E-state index in [2.05, 4.69) is 4.74 Å². The maximum absolute atomic E-state index is 10.9. The summed E-state index contributed by atoms with van der Waals surface area (Å²) in [5.74, 6) is -6.12. The van der Waals surface area contributed by atoms with E-state index < -0.39 is 48.9 Å². The predicted molar refractivity (Wildman–Crippen MR) is 48.7 cm³/mol. The van der Waals surface area contributed by atoms with Crippen LogP contribution in [0.4, 0.5) is 0 Å². The van der Waals surface area contributed by atoms with Crippen LogP contribution in [0, 0.1) is 0 Å². The summed E-state index contributed by atoms with van der Waals surface area (Å²) in [6.07, 6.45) is -6.07. The summed E-state index contributed by atoms with van der Waals surface area (Å²) in [4.78, 5) is 41.9. The molecule has 0 amide bonds. The molecule has 0 aliphatic heterocycles. The second kappa shape index (κ2) is 6.55. The van der Waals surface area contributed by atoms with Gasteiger partial charge in [-0.1, -0.05) is 0 Å². The Morgan fingerprint density at radius 3 is 1.41 bits per heavy atom. The lowest BCUT2D eigenvalue weighted by atomic mass is 10.2. The monoisotopic (exact) mass is 251 g/mol. The maximum Gasteiger partial charge on any atom is 1.00 e. The Kier molecular flexibility index (Phi) is 5.78. The van der Waals surface area contributed by atoms with Crippen molar-refractivity contribution in [3.63, 3.8) is 0 Å². The van der Waals surface area contributed by atoms with Crippen molar-refractivity contribution in [3.05, 3.63) is 0 Å². The first-order chi connectivity index (χ1) is 7.73. The number of carbonyl (C=O) groups excluding carboxylic acids is 2. The molecule has 0 saturated heterocycles. The fourth-order valence-electron chi connectivity index (χ4n) is 0.733. The first-order valence-electron chi connectivity index (χ1n) is 4.29. The van der Waals surface area contributed by atoms with Crippen molar-refractivity contribution in [2.45, 2.75) is 25.0 Å². The number of aliphatic carboxylic acids is 2. The van der Waals surface area contributed by atoms with Crippen molar-refractivity contribution in [1.82, 2.24) is 0 Å². The third-order valence-electron chi connectivity index (χ3n) is 1.48. The largest absolute Gasteiger partial charge is 1.00 e. The van der Waals surface area contributed by atoms with Gasteiger partial charge in [0.1, 0.15) is 0 Å². The van der Waals surface area contributed by atoms with Gasteiger partial charge in [0, 0.05) is 0 Å². The molecular weight excluding hydrogens is 240 g/mol. The van der Waals surface area contributed by atoms with Crippen LogP contribution in [0.5, 0.6) is 0 Å². The average molecular weight is 251 g/mol. The molecular formula is C8H11O9+. The number of carbonyl (C=O) groups is 4. The Bertz CT molecular complexity index is 307. The first kappa shape index (κ1) is 15.0. The summed E-state index contributed by atoms with van der Waals surface area (Å²) < 4.78 is 3.87. The first-order valence-corrected chi connectivity index (χ1v) is 4.29. The zero-order valence-electron chi connectivity index (χ0n) is 9.40. The average Bonchev–Trinajstić information content (AvgIpc) is 2.15. The van der Waals surface area contributed by atoms with Crippen LogP contribution in [-0.4, -0.2) is 56.5 Å². The molecule has 2 unspecified atom stereocenters. The number of carboxylic acid groups (broad SMARTS) is 2. The van der Waals surface area contributed by atoms with Crippen molar-refractivity contribution in [3.8, 4) is 0 Å². The number of hydrogen-bond donors (Lipinski definition) is 4. The molecule has 2 atom stereocenters. The molecule has 0 spiro atoms. The maximum atomic E-state index is 10.9. The number of aliphatic hydroxyl groups is 2. The van der Waals surface area contributed by atoms with Crippen LogP contribution >= 0.6 is 0 Å². The molecule has 0 rings (SSSR count). The molecule has 17 heavy (non-hydrogen) atoms. The van der Waals surface area contributed by atoms with Gasteiger partial charge in [-0.3, -0.25) is 9.59 Å². The predicted octanol–water partition coefficient (Wildman–Crippen LogP) is -2.16. The van der Waals surface area contributed by atoms with Gasteiger partial charge in [0.15, 0.2) is 12.2 Å². The third-order valence-corrected chi connectivity index (χ3v) is 1.48. The van der Waals surface area contributed by atoms with Crippen LogP contribution in [0.25, 0.3) is 0 Å². The molecule has 0 aromatic heterocycles. The lowest BCUT2D eigenvalue weighted by molar-refractivity contribution is -0.174. The van der Waals surface area contributed by atoms with E-state index in [1.54, 1.807) is 0 Å². The van der Waals surface area contributed by atoms with E-state index in [0.29, 0.717) is 0 Å². The minimum atomic E-state index is -2.06. The summed E-state index contributed by atoms with van der Waals surface area (Å²) in [5, 5.41) is 34.2. The normalized spacial score (nSPS) is 13.5. The molecule has 0 bridgehead atoms. The quantitative estimate of drug-likeness (QED) is 0.304. The number of ether oxygens (including phenoxy) is 1. The second-order valence-electron chi connectivity index (χ2n) is 2.97. The number of aliphatic hydroxyl groups excluding tert-OH is 2. The minimum absolute atomic E-state index is 0. The highest BCUT2D eigenvalue weighted by atomic mass is 16.6. The molecule has 0 heterocycles. The Hall–Kier alpha value is -2.00. The summed E-state index contributed by atoms with van der Waals surface area (Å²) in [6, 6.07) is 0. The van der Waals surface area contributed by atoms with Crippen LogP contribution in [0.2, 0.25) is 0 Å². The van der Waals surface area contributed by atoms with Gasteiger partial charge in [0.25, 0.3) is 0 Å². The van der Waals surface area contributed by atoms with Gasteiger partial charge in [0.05, 0.1) is 12.8 Å². The lowest BCUT2D eigenvalue weighted by Crippen LogP contribution is -2.33. The Labute approximate surface area is 95.7 Å². The standard InChI is InChI=1S/C8H10O9/c9-3(1-5(11)12)7(15)17-8(16)4(10)2-6(13)14/h3-4,9-10H,1-2H2,(H,11,12)(H,13,14)/p+1. The number of rotatable bonds is 6. The minimum Gasteiger partial charge on any atom is -0.481 e. The molecule has 0 aliphatic rings. The van der Waals surface area contributed by atoms with Crippen molar-refractivity contribution in [1.29, 1.82) is 0 Å². The van der Waals surface area contributed by atoms with E-state index in [9.17, 15) is 19.2 Å². The summed E-state index contributed by atoms with van der Waals surface area (Å²) in [7, 11) is 0. The van der Waals surface area contributed by atoms with E-state index in [1.807, 2.05) is 0 Å². The summed E-state index contributed by atoms with van der Waals surface area (Å²) >= 11 is 0. The molecule has 0 aliphatic carbocycles. The van der Waals surface area contributed by atoms with Crippen molar-refractivity contribution < 1.29 is 45.8 Å². The van der Waals surface area contributed by atoms with Gasteiger partial charge in [-0.05, 0) is 0 Å². The number of carboxylic acids is 2. The highest BCUT2D eigenvalue weighted by Gasteiger charge is 2.27. The highest BCUT2D eigenvalue weighted by Crippen LogP contribution is 2.00. The van der Waals surface area contributed by atoms with Crippen LogP contribution < -0.4 is 0 Å². The molecule has 9 nitrogen and oxygen atoms in total. The molecule has 0 radical (unpaired) electrons. The smallest absolute Gasteiger partial charge is 0.481 e.